The van der Waals surface area contributed by atoms with Crippen LogP contribution in [0.25, 0.3) is 33.5 Å². The SMILES string of the molecule is Cc1cccc(COc2ccc(C=Nn3c(-c4cc5cc(Cl)ccc5o4)nc4ccccc4c3=O)cc2)c1. The molecule has 2 heterocycles. The predicted molar refractivity (Wildman–Crippen MR) is 151 cm³/mol. The van der Waals surface area contributed by atoms with Gasteiger partial charge in [0.05, 0.1) is 17.1 Å². The van der Waals surface area contributed by atoms with Gasteiger partial charge in [0.1, 0.15) is 17.9 Å². The minimum absolute atomic E-state index is 0.293. The Hall–Kier alpha value is -4.68. The fourth-order valence-electron chi connectivity index (χ4n) is 4.26. The van der Waals surface area contributed by atoms with Crippen molar-refractivity contribution in [3.8, 4) is 17.3 Å². The van der Waals surface area contributed by atoms with Crippen molar-refractivity contribution in [1.82, 2.24) is 9.66 Å². The van der Waals surface area contributed by atoms with Crippen LogP contribution in [0.2, 0.25) is 5.02 Å². The van der Waals surface area contributed by atoms with E-state index in [1.54, 1.807) is 42.6 Å². The van der Waals surface area contributed by atoms with E-state index < -0.39 is 0 Å². The lowest BCUT2D eigenvalue weighted by Gasteiger charge is -2.08. The molecule has 0 aliphatic carbocycles. The summed E-state index contributed by atoms with van der Waals surface area (Å²) in [5.74, 6) is 1.47. The lowest BCUT2D eigenvalue weighted by molar-refractivity contribution is 0.306. The molecule has 0 saturated carbocycles. The third kappa shape index (κ3) is 4.82. The summed E-state index contributed by atoms with van der Waals surface area (Å²) in [5, 5.41) is 6.39. The standard InChI is InChI=1S/C31H22ClN3O3/c1-20-5-4-6-22(15-20)19-37-25-12-9-21(10-13-25)18-33-35-30(34-27-8-3-2-7-26(27)31(35)36)29-17-23-16-24(32)11-14-28(23)38-29/h2-18H,19H2,1H3. The van der Waals surface area contributed by atoms with Crippen LogP contribution in [0.3, 0.4) is 0 Å². The molecular formula is C31H22ClN3O3. The maximum Gasteiger partial charge on any atom is 0.282 e. The number of fused-ring (bicyclic) bond motifs is 2. The molecule has 0 N–H and O–H groups in total. The molecule has 0 saturated heterocycles. The first-order valence-electron chi connectivity index (χ1n) is 12.1. The van der Waals surface area contributed by atoms with E-state index in [4.69, 9.17) is 25.7 Å². The van der Waals surface area contributed by atoms with E-state index >= 15 is 0 Å². The Morgan fingerprint density at radius 1 is 0.974 bits per heavy atom. The summed E-state index contributed by atoms with van der Waals surface area (Å²) >= 11 is 6.15. The maximum atomic E-state index is 13.4. The fraction of sp³-hybridized carbons (Fsp3) is 0.0645. The number of benzene rings is 4. The van der Waals surface area contributed by atoms with Gasteiger partial charge in [-0.25, -0.2) is 4.98 Å². The normalized spacial score (nSPS) is 11.5. The highest BCUT2D eigenvalue weighted by molar-refractivity contribution is 6.31. The first-order valence-corrected chi connectivity index (χ1v) is 12.5. The van der Waals surface area contributed by atoms with Crippen molar-refractivity contribution in [1.29, 1.82) is 0 Å². The molecule has 0 spiro atoms. The minimum atomic E-state index is -0.293. The maximum absolute atomic E-state index is 13.4. The quantitative estimate of drug-likeness (QED) is 0.218. The van der Waals surface area contributed by atoms with Gasteiger partial charge in [-0.3, -0.25) is 4.79 Å². The van der Waals surface area contributed by atoms with Gasteiger partial charge >= 0.3 is 0 Å². The molecule has 6 aromatic rings. The van der Waals surface area contributed by atoms with Gasteiger partial charge in [0.15, 0.2) is 5.76 Å². The van der Waals surface area contributed by atoms with Gasteiger partial charge in [0.25, 0.3) is 5.56 Å². The second-order valence-corrected chi connectivity index (χ2v) is 9.39. The zero-order valence-electron chi connectivity index (χ0n) is 20.5. The summed E-state index contributed by atoms with van der Waals surface area (Å²) in [7, 11) is 0. The molecule has 0 atom stereocenters. The topological polar surface area (TPSA) is 69.6 Å². The van der Waals surface area contributed by atoms with Crippen LogP contribution in [0.5, 0.6) is 5.75 Å². The molecule has 0 amide bonds. The highest BCUT2D eigenvalue weighted by Crippen LogP contribution is 2.29. The molecule has 0 aliphatic rings. The number of hydrogen-bond donors (Lipinski definition) is 0. The van der Waals surface area contributed by atoms with Gasteiger partial charge in [-0.1, -0.05) is 53.6 Å². The minimum Gasteiger partial charge on any atom is -0.489 e. The smallest absolute Gasteiger partial charge is 0.282 e. The Morgan fingerprint density at radius 3 is 2.66 bits per heavy atom. The molecule has 6 rings (SSSR count). The molecule has 38 heavy (non-hydrogen) atoms. The third-order valence-corrected chi connectivity index (χ3v) is 6.38. The Kier molecular flexibility index (Phi) is 6.23. The number of aromatic nitrogens is 2. The van der Waals surface area contributed by atoms with Crippen LogP contribution in [-0.4, -0.2) is 15.9 Å². The Morgan fingerprint density at radius 2 is 1.82 bits per heavy atom. The third-order valence-electron chi connectivity index (χ3n) is 6.14. The summed E-state index contributed by atoms with van der Waals surface area (Å²) in [4.78, 5) is 18.1. The van der Waals surface area contributed by atoms with E-state index in [1.807, 2.05) is 48.5 Å². The summed E-state index contributed by atoms with van der Waals surface area (Å²) < 4.78 is 13.2. The number of ether oxygens (including phenoxy) is 1. The van der Waals surface area contributed by atoms with Crippen molar-refractivity contribution in [2.24, 2.45) is 5.10 Å². The lowest BCUT2D eigenvalue weighted by atomic mass is 10.1. The van der Waals surface area contributed by atoms with E-state index in [-0.39, 0.29) is 5.56 Å². The first kappa shape index (κ1) is 23.7. The van der Waals surface area contributed by atoms with Crippen LogP contribution in [-0.2, 0) is 6.61 Å². The molecule has 0 fully saturated rings. The van der Waals surface area contributed by atoms with E-state index in [1.165, 1.54) is 10.2 Å². The number of rotatable bonds is 6. The Labute approximate surface area is 223 Å². The average Bonchev–Trinajstić information content (AvgIpc) is 3.35. The number of nitrogens with zero attached hydrogens (tertiary/aromatic N) is 3. The van der Waals surface area contributed by atoms with Gasteiger partial charge in [-0.05, 0) is 78.7 Å². The second kappa shape index (κ2) is 10.00. The van der Waals surface area contributed by atoms with Crippen molar-refractivity contribution in [2.45, 2.75) is 13.5 Å². The molecule has 4 aromatic carbocycles. The summed E-state index contributed by atoms with van der Waals surface area (Å²) in [5.41, 5.74) is 4.02. The Bertz CT molecular complexity index is 1870. The van der Waals surface area contributed by atoms with Crippen molar-refractivity contribution < 1.29 is 9.15 Å². The van der Waals surface area contributed by atoms with E-state index in [0.717, 1.165) is 22.3 Å². The monoisotopic (exact) mass is 519 g/mol. The fourth-order valence-corrected chi connectivity index (χ4v) is 4.44. The average molecular weight is 520 g/mol. The second-order valence-electron chi connectivity index (χ2n) is 8.95. The van der Waals surface area contributed by atoms with Gasteiger partial charge in [-0.15, -0.1) is 0 Å². The van der Waals surface area contributed by atoms with Crippen molar-refractivity contribution in [3.05, 3.63) is 129 Å². The lowest BCUT2D eigenvalue weighted by Crippen LogP contribution is -2.20. The molecule has 0 bridgehead atoms. The van der Waals surface area contributed by atoms with Crippen LogP contribution < -0.4 is 10.3 Å². The van der Waals surface area contributed by atoms with Crippen LogP contribution >= 0.6 is 11.6 Å². The van der Waals surface area contributed by atoms with Crippen LogP contribution in [0.1, 0.15) is 16.7 Å². The van der Waals surface area contributed by atoms with E-state index in [9.17, 15) is 4.79 Å². The summed E-state index contributed by atoms with van der Waals surface area (Å²) in [6, 6.07) is 30.1. The van der Waals surface area contributed by atoms with Crippen LogP contribution in [0.15, 0.2) is 111 Å². The Balaban J connectivity index is 1.33. The van der Waals surface area contributed by atoms with Crippen LogP contribution in [0.4, 0.5) is 0 Å². The predicted octanol–water partition coefficient (Wildman–Crippen LogP) is 7.23. The molecule has 0 unspecified atom stereocenters. The molecule has 2 aromatic heterocycles. The van der Waals surface area contributed by atoms with Crippen molar-refractivity contribution >= 4 is 39.7 Å². The highest BCUT2D eigenvalue weighted by atomic mass is 35.5. The number of hydrogen-bond acceptors (Lipinski definition) is 5. The molecule has 0 radical (unpaired) electrons. The van der Waals surface area contributed by atoms with E-state index in [2.05, 4.69) is 24.2 Å². The molecule has 7 heteroatoms. The number of halogens is 1. The molecule has 0 aliphatic heterocycles. The van der Waals surface area contributed by atoms with Crippen molar-refractivity contribution in [2.75, 3.05) is 0 Å². The first-order chi connectivity index (χ1) is 18.5. The molecule has 6 nitrogen and oxygen atoms in total. The summed E-state index contributed by atoms with van der Waals surface area (Å²) in [6.07, 6.45) is 1.62. The van der Waals surface area contributed by atoms with Crippen molar-refractivity contribution in [3.63, 3.8) is 0 Å². The number of furan rings is 1. The number of aryl methyl sites for hydroxylation is 1. The largest absolute Gasteiger partial charge is 0.489 e. The van der Waals surface area contributed by atoms with Gasteiger partial charge in [0.2, 0.25) is 5.82 Å². The zero-order chi connectivity index (χ0) is 26.1. The molecule has 186 valence electrons. The number of para-hydroxylation sites is 1. The van der Waals surface area contributed by atoms with Crippen LogP contribution in [0, 0.1) is 6.92 Å². The zero-order valence-corrected chi connectivity index (χ0v) is 21.2. The van der Waals surface area contributed by atoms with Gasteiger partial charge in [-0.2, -0.15) is 9.78 Å². The van der Waals surface area contributed by atoms with Gasteiger partial charge in [0, 0.05) is 10.4 Å². The molecular weight excluding hydrogens is 498 g/mol. The highest BCUT2D eigenvalue weighted by Gasteiger charge is 2.16. The van der Waals surface area contributed by atoms with E-state index in [0.29, 0.717) is 39.7 Å². The summed E-state index contributed by atoms with van der Waals surface area (Å²) in [6.45, 7) is 2.54. The van der Waals surface area contributed by atoms with Gasteiger partial charge < -0.3 is 9.15 Å².